The van der Waals surface area contributed by atoms with Crippen molar-refractivity contribution in [3.63, 3.8) is 0 Å². The van der Waals surface area contributed by atoms with E-state index in [0.29, 0.717) is 6.04 Å². The number of hydrogen-bond donors (Lipinski definition) is 1. The SMILES string of the molecule is CC(CN1CCCC1C1CCCC1)C(=O)O. The highest BCUT2D eigenvalue weighted by molar-refractivity contribution is 5.69. The quantitative estimate of drug-likeness (QED) is 0.798. The Labute approximate surface area is 97.8 Å². The van der Waals surface area contributed by atoms with E-state index in [1.807, 2.05) is 6.92 Å². The van der Waals surface area contributed by atoms with Gasteiger partial charge in [-0.2, -0.15) is 0 Å². The largest absolute Gasteiger partial charge is 0.481 e. The number of hydrogen-bond acceptors (Lipinski definition) is 2. The Balaban J connectivity index is 1.89. The molecule has 2 atom stereocenters. The second-order valence-electron chi connectivity index (χ2n) is 5.49. The summed E-state index contributed by atoms with van der Waals surface area (Å²) in [6.45, 7) is 3.68. The van der Waals surface area contributed by atoms with Gasteiger partial charge in [0.1, 0.15) is 0 Å². The van der Waals surface area contributed by atoms with Crippen LogP contribution in [0.3, 0.4) is 0 Å². The average molecular weight is 225 g/mol. The van der Waals surface area contributed by atoms with Crippen molar-refractivity contribution in [1.82, 2.24) is 4.90 Å². The van der Waals surface area contributed by atoms with Gasteiger partial charge in [0.25, 0.3) is 0 Å². The molecule has 0 aromatic carbocycles. The summed E-state index contributed by atoms with van der Waals surface area (Å²) in [6.07, 6.45) is 8.03. The van der Waals surface area contributed by atoms with E-state index < -0.39 is 5.97 Å². The van der Waals surface area contributed by atoms with E-state index >= 15 is 0 Å². The molecule has 0 radical (unpaired) electrons. The van der Waals surface area contributed by atoms with Crippen molar-refractivity contribution in [1.29, 1.82) is 0 Å². The van der Waals surface area contributed by atoms with Crippen LogP contribution in [0.4, 0.5) is 0 Å². The van der Waals surface area contributed by atoms with Gasteiger partial charge in [-0.15, -0.1) is 0 Å². The van der Waals surface area contributed by atoms with Crippen LogP contribution in [-0.2, 0) is 4.79 Å². The van der Waals surface area contributed by atoms with E-state index in [1.165, 1.54) is 38.5 Å². The Morgan fingerprint density at radius 3 is 2.62 bits per heavy atom. The summed E-state index contributed by atoms with van der Waals surface area (Å²) in [4.78, 5) is 13.3. The highest BCUT2D eigenvalue weighted by Gasteiger charge is 2.34. The van der Waals surface area contributed by atoms with Gasteiger partial charge in [-0.3, -0.25) is 9.69 Å². The number of rotatable bonds is 4. The van der Waals surface area contributed by atoms with Gasteiger partial charge in [0.2, 0.25) is 0 Å². The van der Waals surface area contributed by atoms with E-state index in [4.69, 9.17) is 5.11 Å². The van der Waals surface area contributed by atoms with Crippen LogP contribution in [-0.4, -0.2) is 35.1 Å². The zero-order chi connectivity index (χ0) is 11.5. The smallest absolute Gasteiger partial charge is 0.307 e. The summed E-state index contributed by atoms with van der Waals surface area (Å²) in [5.74, 6) is -0.0254. The lowest BCUT2D eigenvalue weighted by Gasteiger charge is -2.30. The molecule has 0 spiro atoms. The van der Waals surface area contributed by atoms with Gasteiger partial charge >= 0.3 is 5.97 Å². The maximum absolute atomic E-state index is 10.9. The molecule has 1 heterocycles. The first kappa shape index (κ1) is 11.9. The maximum atomic E-state index is 10.9. The van der Waals surface area contributed by atoms with Crippen molar-refractivity contribution < 1.29 is 9.90 Å². The Bertz CT molecular complexity index is 248. The molecule has 1 aliphatic heterocycles. The van der Waals surface area contributed by atoms with Crippen molar-refractivity contribution >= 4 is 5.97 Å². The molecule has 0 bridgehead atoms. The summed E-state index contributed by atoms with van der Waals surface area (Å²) < 4.78 is 0. The van der Waals surface area contributed by atoms with Crippen molar-refractivity contribution in [2.45, 2.75) is 51.5 Å². The molecule has 16 heavy (non-hydrogen) atoms. The first-order valence-corrected chi connectivity index (χ1v) is 6.65. The first-order valence-electron chi connectivity index (χ1n) is 6.65. The van der Waals surface area contributed by atoms with Crippen LogP contribution in [0.5, 0.6) is 0 Å². The minimum atomic E-state index is -0.655. The Kier molecular flexibility index (Phi) is 3.85. The molecular weight excluding hydrogens is 202 g/mol. The van der Waals surface area contributed by atoms with Gasteiger partial charge in [-0.05, 0) is 38.1 Å². The predicted molar refractivity (Wildman–Crippen MR) is 63.4 cm³/mol. The second kappa shape index (κ2) is 5.17. The highest BCUT2D eigenvalue weighted by Crippen LogP contribution is 2.35. The van der Waals surface area contributed by atoms with E-state index in [2.05, 4.69) is 4.90 Å². The minimum absolute atomic E-state index is 0.220. The third-order valence-electron chi connectivity index (χ3n) is 4.29. The summed E-state index contributed by atoms with van der Waals surface area (Å²) in [5, 5.41) is 8.97. The molecule has 3 nitrogen and oxygen atoms in total. The van der Waals surface area contributed by atoms with Gasteiger partial charge < -0.3 is 5.11 Å². The fourth-order valence-corrected chi connectivity index (χ4v) is 3.38. The maximum Gasteiger partial charge on any atom is 0.307 e. The van der Waals surface area contributed by atoms with E-state index in [0.717, 1.165) is 19.0 Å². The van der Waals surface area contributed by atoms with Crippen molar-refractivity contribution in [2.75, 3.05) is 13.1 Å². The molecule has 1 saturated heterocycles. The number of likely N-dealkylation sites (tertiary alicyclic amines) is 1. The Hall–Kier alpha value is -0.570. The van der Waals surface area contributed by atoms with Crippen LogP contribution in [0, 0.1) is 11.8 Å². The Morgan fingerprint density at radius 2 is 2.00 bits per heavy atom. The molecule has 1 saturated carbocycles. The van der Waals surface area contributed by atoms with Crippen molar-refractivity contribution in [2.24, 2.45) is 11.8 Å². The lowest BCUT2D eigenvalue weighted by Crippen LogP contribution is -2.39. The normalized spacial score (nSPS) is 29.7. The van der Waals surface area contributed by atoms with E-state index in [1.54, 1.807) is 0 Å². The molecule has 0 aromatic rings. The second-order valence-corrected chi connectivity index (χ2v) is 5.49. The highest BCUT2D eigenvalue weighted by atomic mass is 16.4. The average Bonchev–Trinajstić information content (AvgIpc) is 2.85. The molecule has 3 heteroatoms. The molecule has 2 aliphatic rings. The number of carbonyl (C=O) groups is 1. The van der Waals surface area contributed by atoms with Gasteiger partial charge in [0.15, 0.2) is 0 Å². The lowest BCUT2D eigenvalue weighted by molar-refractivity contribution is -0.141. The predicted octanol–water partition coefficient (Wildman–Crippen LogP) is 2.36. The Morgan fingerprint density at radius 1 is 1.31 bits per heavy atom. The number of nitrogens with zero attached hydrogens (tertiary/aromatic N) is 1. The van der Waals surface area contributed by atoms with E-state index in [9.17, 15) is 4.79 Å². The first-order chi connectivity index (χ1) is 7.68. The molecule has 0 amide bonds. The molecule has 1 N–H and O–H groups in total. The molecule has 2 unspecified atom stereocenters. The van der Waals surface area contributed by atoms with Gasteiger partial charge in [0, 0.05) is 12.6 Å². The van der Waals surface area contributed by atoms with Crippen LogP contribution in [0.15, 0.2) is 0 Å². The molecular formula is C13H23NO2. The van der Waals surface area contributed by atoms with Crippen LogP contribution < -0.4 is 0 Å². The van der Waals surface area contributed by atoms with Crippen LogP contribution in [0.1, 0.15) is 45.4 Å². The van der Waals surface area contributed by atoms with Crippen LogP contribution in [0.25, 0.3) is 0 Å². The molecule has 0 aromatic heterocycles. The summed E-state index contributed by atoms with van der Waals surface area (Å²) >= 11 is 0. The zero-order valence-corrected chi connectivity index (χ0v) is 10.2. The van der Waals surface area contributed by atoms with Crippen molar-refractivity contribution in [3.05, 3.63) is 0 Å². The summed E-state index contributed by atoms with van der Waals surface area (Å²) in [6, 6.07) is 0.685. The molecule has 2 rings (SSSR count). The number of aliphatic carboxylic acids is 1. The minimum Gasteiger partial charge on any atom is -0.481 e. The van der Waals surface area contributed by atoms with Gasteiger partial charge in [0.05, 0.1) is 5.92 Å². The summed E-state index contributed by atoms with van der Waals surface area (Å²) in [5.41, 5.74) is 0. The topological polar surface area (TPSA) is 40.5 Å². The third-order valence-corrected chi connectivity index (χ3v) is 4.29. The van der Waals surface area contributed by atoms with Crippen LogP contribution >= 0.6 is 0 Å². The van der Waals surface area contributed by atoms with E-state index in [-0.39, 0.29) is 5.92 Å². The fraction of sp³-hybridized carbons (Fsp3) is 0.923. The zero-order valence-electron chi connectivity index (χ0n) is 10.2. The molecule has 2 fully saturated rings. The number of carboxylic acid groups (broad SMARTS) is 1. The molecule has 92 valence electrons. The standard InChI is InChI=1S/C13H23NO2/c1-10(13(15)16)9-14-8-4-7-12(14)11-5-2-3-6-11/h10-12H,2-9H2,1H3,(H,15,16). The van der Waals surface area contributed by atoms with Gasteiger partial charge in [-0.25, -0.2) is 0 Å². The monoisotopic (exact) mass is 225 g/mol. The fourth-order valence-electron chi connectivity index (χ4n) is 3.38. The van der Waals surface area contributed by atoms with Crippen LogP contribution in [0.2, 0.25) is 0 Å². The van der Waals surface area contributed by atoms with Crippen molar-refractivity contribution in [3.8, 4) is 0 Å². The third kappa shape index (κ3) is 2.57. The molecule has 1 aliphatic carbocycles. The lowest BCUT2D eigenvalue weighted by atomic mass is 9.95. The summed E-state index contributed by atoms with van der Waals surface area (Å²) in [7, 11) is 0. The number of carboxylic acids is 1. The van der Waals surface area contributed by atoms with Gasteiger partial charge in [-0.1, -0.05) is 19.8 Å².